The molecule has 142 valence electrons. The lowest BCUT2D eigenvalue weighted by Crippen LogP contribution is -2.64. The minimum atomic E-state index is -1.32. The van der Waals surface area contributed by atoms with E-state index in [0.717, 1.165) is 18.4 Å². The molecule has 5 aliphatic rings. The van der Waals surface area contributed by atoms with Crippen LogP contribution in [-0.2, 0) is 14.3 Å². The molecule has 4 saturated carbocycles. The zero-order valence-corrected chi connectivity index (χ0v) is 16.2. The molecule has 26 heavy (non-hydrogen) atoms. The standard InChI is InChI=1S/C22H29FO3/c1-10-8-16(24)19-22(26-19)12(3)11(2)17-13(21(10,22)5)6-7-20(4)14(17)9-15(23)18(20)25/h10-11,13-15,17,19H,3,6-9H2,1-2,4-5H3/t10?,11?,13-,14+,15?,17-,19?,20+,21-,22?/m1/s1. The molecule has 4 heteroatoms. The first-order valence-corrected chi connectivity index (χ1v) is 10.2. The van der Waals surface area contributed by atoms with Gasteiger partial charge in [-0.2, -0.15) is 0 Å². The SMILES string of the molecule is C=C1C(C)[C@@H]2[C@@H](CC[C@]3(C)C(=O)C(F)C[C@@H]23)[C@@]2(C)C(C)CC(=O)C3OC132. The van der Waals surface area contributed by atoms with E-state index in [2.05, 4.69) is 27.4 Å². The van der Waals surface area contributed by atoms with Crippen molar-refractivity contribution in [2.75, 3.05) is 0 Å². The van der Waals surface area contributed by atoms with Crippen LogP contribution in [0, 0.1) is 40.4 Å². The maximum absolute atomic E-state index is 14.4. The summed E-state index contributed by atoms with van der Waals surface area (Å²) in [6.07, 6.45) is 0.944. The highest BCUT2D eigenvalue weighted by molar-refractivity contribution is 5.92. The number of halogens is 1. The summed E-state index contributed by atoms with van der Waals surface area (Å²) in [6, 6.07) is 0. The molecular weight excluding hydrogens is 331 g/mol. The lowest BCUT2D eigenvalue weighted by molar-refractivity contribution is -0.147. The second-order valence-electron chi connectivity index (χ2n) is 10.2. The average Bonchev–Trinajstić information content (AvgIpc) is 3.31. The molecule has 0 aromatic carbocycles. The second kappa shape index (κ2) is 4.68. The molecule has 3 nitrogen and oxygen atoms in total. The number of hydrogen-bond acceptors (Lipinski definition) is 3. The van der Waals surface area contributed by atoms with Crippen LogP contribution in [0.5, 0.6) is 0 Å². The van der Waals surface area contributed by atoms with E-state index in [-0.39, 0.29) is 46.8 Å². The van der Waals surface area contributed by atoms with Crippen molar-refractivity contribution in [1.82, 2.24) is 0 Å². The molecule has 0 radical (unpaired) electrons. The summed E-state index contributed by atoms with van der Waals surface area (Å²) in [7, 11) is 0. The predicted molar refractivity (Wildman–Crippen MR) is 95.1 cm³/mol. The van der Waals surface area contributed by atoms with Crippen LogP contribution in [0.2, 0.25) is 0 Å². The fourth-order valence-electron chi connectivity index (χ4n) is 7.99. The number of epoxide rings is 1. The summed E-state index contributed by atoms with van der Waals surface area (Å²) in [6.45, 7) is 13.0. The van der Waals surface area contributed by atoms with Crippen LogP contribution in [0.3, 0.4) is 0 Å². The smallest absolute Gasteiger partial charge is 0.173 e. The lowest BCUT2D eigenvalue weighted by Gasteiger charge is -2.62. The Bertz CT molecular complexity index is 746. The van der Waals surface area contributed by atoms with E-state index in [1.54, 1.807) is 0 Å². The molecule has 1 saturated heterocycles. The van der Waals surface area contributed by atoms with Crippen LogP contribution >= 0.6 is 0 Å². The maximum atomic E-state index is 14.4. The Morgan fingerprint density at radius 1 is 1.19 bits per heavy atom. The summed E-state index contributed by atoms with van der Waals surface area (Å²) < 4.78 is 20.6. The van der Waals surface area contributed by atoms with Crippen LogP contribution in [0.4, 0.5) is 4.39 Å². The van der Waals surface area contributed by atoms with Gasteiger partial charge in [-0.05, 0) is 54.4 Å². The first-order valence-electron chi connectivity index (χ1n) is 10.2. The van der Waals surface area contributed by atoms with E-state index in [1.807, 2.05) is 6.92 Å². The van der Waals surface area contributed by atoms with Crippen LogP contribution < -0.4 is 0 Å². The molecular formula is C22H29FO3. The maximum Gasteiger partial charge on any atom is 0.173 e. The predicted octanol–water partition coefficient (Wildman–Crippen LogP) is 3.90. The number of carbonyl (C=O) groups is 2. The fourth-order valence-corrected chi connectivity index (χ4v) is 7.99. The van der Waals surface area contributed by atoms with E-state index >= 15 is 0 Å². The summed E-state index contributed by atoms with van der Waals surface area (Å²) in [4.78, 5) is 25.1. The topological polar surface area (TPSA) is 46.7 Å². The molecule has 0 aromatic heterocycles. The minimum Gasteiger partial charge on any atom is -0.352 e. The Balaban J connectivity index is 1.64. The van der Waals surface area contributed by atoms with Gasteiger partial charge in [-0.25, -0.2) is 4.39 Å². The number of alkyl halides is 1. The van der Waals surface area contributed by atoms with Crippen LogP contribution in [0.25, 0.3) is 0 Å². The van der Waals surface area contributed by atoms with Crippen molar-refractivity contribution in [3.05, 3.63) is 12.2 Å². The van der Waals surface area contributed by atoms with Crippen LogP contribution in [0.15, 0.2) is 12.2 Å². The normalized spacial score (nSPS) is 60.8. The van der Waals surface area contributed by atoms with E-state index in [1.165, 1.54) is 0 Å². The number of ketones is 2. The molecule has 5 fully saturated rings. The van der Waals surface area contributed by atoms with Crippen molar-refractivity contribution >= 4 is 11.6 Å². The van der Waals surface area contributed by atoms with Gasteiger partial charge in [-0.15, -0.1) is 0 Å². The summed E-state index contributed by atoms with van der Waals surface area (Å²) in [5.74, 6) is 1.08. The van der Waals surface area contributed by atoms with Gasteiger partial charge >= 0.3 is 0 Å². The summed E-state index contributed by atoms with van der Waals surface area (Å²) >= 11 is 0. The molecule has 0 amide bonds. The highest BCUT2D eigenvalue weighted by atomic mass is 19.1. The van der Waals surface area contributed by atoms with E-state index in [0.29, 0.717) is 18.8 Å². The Kier molecular flexibility index (Phi) is 3.08. The first-order chi connectivity index (χ1) is 12.1. The number of rotatable bonds is 0. The quantitative estimate of drug-likeness (QED) is 0.486. The van der Waals surface area contributed by atoms with Gasteiger partial charge in [0.15, 0.2) is 23.8 Å². The Hall–Kier alpha value is -1.03. The number of ether oxygens (including phenoxy) is 1. The molecule has 5 rings (SSSR count). The van der Waals surface area contributed by atoms with Crippen molar-refractivity contribution in [3.63, 3.8) is 0 Å². The first kappa shape index (κ1) is 17.1. The monoisotopic (exact) mass is 360 g/mol. The highest BCUT2D eigenvalue weighted by Gasteiger charge is 2.81. The zero-order chi connectivity index (χ0) is 18.8. The van der Waals surface area contributed by atoms with Crippen molar-refractivity contribution < 1.29 is 18.7 Å². The zero-order valence-electron chi connectivity index (χ0n) is 16.2. The third-order valence-corrected chi connectivity index (χ3v) is 9.64. The molecule has 10 atom stereocenters. The van der Waals surface area contributed by atoms with E-state index in [4.69, 9.17) is 4.74 Å². The molecule has 1 heterocycles. The number of carbonyl (C=O) groups excluding carboxylic acids is 2. The number of Topliss-reactive ketones (excluding diaryl/α,β-unsaturated/α-hetero) is 2. The third kappa shape index (κ3) is 1.54. The average molecular weight is 360 g/mol. The van der Waals surface area contributed by atoms with Gasteiger partial charge in [-0.1, -0.05) is 34.3 Å². The molecule has 1 spiro atoms. The molecule has 0 bridgehead atoms. The van der Waals surface area contributed by atoms with E-state index in [9.17, 15) is 14.0 Å². The molecule has 5 unspecified atom stereocenters. The van der Waals surface area contributed by atoms with Crippen molar-refractivity contribution in [1.29, 1.82) is 0 Å². The Labute approximate surface area is 154 Å². The third-order valence-electron chi connectivity index (χ3n) is 9.64. The molecule has 4 aliphatic carbocycles. The van der Waals surface area contributed by atoms with Gasteiger partial charge in [0.05, 0.1) is 0 Å². The van der Waals surface area contributed by atoms with Crippen molar-refractivity contribution in [3.8, 4) is 0 Å². The largest absolute Gasteiger partial charge is 0.352 e. The lowest BCUT2D eigenvalue weighted by atomic mass is 9.40. The summed E-state index contributed by atoms with van der Waals surface area (Å²) in [5.41, 5.74) is -0.190. The fraction of sp³-hybridized carbons (Fsp3) is 0.818. The van der Waals surface area contributed by atoms with Gasteiger partial charge in [0.25, 0.3) is 0 Å². The highest BCUT2D eigenvalue weighted by Crippen LogP contribution is 2.75. The van der Waals surface area contributed by atoms with Gasteiger partial charge < -0.3 is 4.74 Å². The second-order valence-corrected chi connectivity index (χ2v) is 10.2. The van der Waals surface area contributed by atoms with Crippen molar-refractivity contribution in [2.24, 2.45) is 40.4 Å². The van der Waals surface area contributed by atoms with Gasteiger partial charge in [0.2, 0.25) is 0 Å². The Morgan fingerprint density at radius 2 is 1.88 bits per heavy atom. The van der Waals surface area contributed by atoms with Gasteiger partial charge in [-0.3, -0.25) is 9.59 Å². The van der Waals surface area contributed by atoms with E-state index < -0.39 is 17.2 Å². The molecule has 0 N–H and O–H groups in total. The van der Waals surface area contributed by atoms with Crippen LogP contribution in [0.1, 0.15) is 53.4 Å². The minimum absolute atomic E-state index is 0.0757. The molecule has 0 aromatic rings. The van der Waals surface area contributed by atoms with Crippen molar-refractivity contribution in [2.45, 2.75) is 71.3 Å². The summed E-state index contributed by atoms with van der Waals surface area (Å²) in [5, 5.41) is 0. The van der Waals surface area contributed by atoms with Gasteiger partial charge in [0.1, 0.15) is 5.60 Å². The Morgan fingerprint density at radius 3 is 2.58 bits per heavy atom. The molecule has 1 aliphatic heterocycles. The van der Waals surface area contributed by atoms with Crippen LogP contribution in [-0.4, -0.2) is 29.4 Å². The van der Waals surface area contributed by atoms with Gasteiger partial charge in [0, 0.05) is 17.3 Å². The number of fused-ring (bicyclic) bond motifs is 4. The number of hydrogen-bond donors (Lipinski definition) is 0.